The molecule has 0 spiro atoms. The van der Waals surface area contributed by atoms with E-state index in [1.54, 1.807) is 5.41 Å². The standard InChI is InChI=1S/C5H4O3S/c6-5(7)4-3-8-1-2-9-4/h1-3H,(H,6,7). The van der Waals surface area contributed by atoms with E-state index < -0.39 is 5.97 Å². The molecule has 4 heteroatoms. The van der Waals surface area contributed by atoms with E-state index in [2.05, 4.69) is 4.74 Å². The summed E-state index contributed by atoms with van der Waals surface area (Å²) in [7, 11) is 0. The van der Waals surface area contributed by atoms with E-state index >= 15 is 0 Å². The molecular weight excluding hydrogens is 140 g/mol. The van der Waals surface area contributed by atoms with Gasteiger partial charge in [-0.05, 0) is 0 Å². The van der Waals surface area contributed by atoms with E-state index in [1.807, 2.05) is 0 Å². The number of carbonyl (C=O) groups is 1. The number of hydrogen-bond acceptors (Lipinski definition) is 3. The maximum absolute atomic E-state index is 10.2. The molecule has 0 fully saturated rings. The molecule has 0 amide bonds. The van der Waals surface area contributed by atoms with Gasteiger partial charge in [0.2, 0.25) is 0 Å². The van der Waals surface area contributed by atoms with Crippen molar-refractivity contribution in [3.8, 4) is 0 Å². The van der Waals surface area contributed by atoms with Gasteiger partial charge in [-0.15, -0.1) is 0 Å². The molecule has 0 aromatic carbocycles. The van der Waals surface area contributed by atoms with Crippen LogP contribution in [0.3, 0.4) is 0 Å². The van der Waals surface area contributed by atoms with Gasteiger partial charge in [-0.3, -0.25) is 0 Å². The lowest BCUT2D eigenvalue weighted by molar-refractivity contribution is -0.131. The van der Waals surface area contributed by atoms with E-state index in [-0.39, 0.29) is 4.91 Å². The van der Waals surface area contributed by atoms with Crippen LogP contribution in [0.5, 0.6) is 0 Å². The summed E-state index contributed by atoms with van der Waals surface area (Å²) < 4.78 is 4.60. The van der Waals surface area contributed by atoms with Gasteiger partial charge in [0.05, 0.1) is 6.26 Å². The Hall–Kier alpha value is -0.900. The minimum atomic E-state index is -0.954. The fourth-order valence-electron chi connectivity index (χ4n) is 0.363. The lowest BCUT2D eigenvalue weighted by atomic mass is 10.6. The molecule has 0 aliphatic carbocycles. The summed E-state index contributed by atoms with van der Waals surface area (Å²) in [6.45, 7) is 0. The molecule has 0 aromatic heterocycles. The number of carboxylic acid groups (broad SMARTS) is 1. The number of thioether (sulfide) groups is 1. The van der Waals surface area contributed by atoms with Crippen LogP contribution >= 0.6 is 11.8 Å². The Morgan fingerprint density at radius 3 is 2.89 bits per heavy atom. The van der Waals surface area contributed by atoms with E-state index in [0.29, 0.717) is 0 Å². The molecule has 0 unspecified atom stereocenters. The Labute approximate surface area is 56.0 Å². The van der Waals surface area contributed by atoms with Gasteiger partial charge in [0.25, 0.3) is 0 Å². The summed E-state index contributed by atoms with van der Waals surface area (Å²) >= 11 is 1.13. The lowest BCUT2D eigenvalue weighted by Gasteiger charge is -2.00. The molecule has 3 nitrogen and oxygen atoms in total. The predicted molar refractivity (Wildman–Crippen MR) is 33.5 cm³/mol. The molecule has 1 N–H and O–H groups in total. The minimum Gasteiger partial charge on any atom is -0.477 e. The van der Waals surface area contributed by atoms with Gasteiger partial charge < -0.3 is 9.84 Å². The largest absolute Gasteiger partial charge is 0.477 e. The summed E-state index contributed by atoms with van der Waals surface area (Å²) in [4.78, 5) is 10.4. The van der Waals surface area contributed by atoms with Crippen LogP contribution in [0.25, 0.3) is 0 Å². The Kier molecular flexibility index (Phi) is 1.79. The fourth-order valence-corrected chi connectivity index (χ4v) is 0.841. The quantitative estimate of drug-likeness (QED) is 0.599. The number of hydrogen-bond donors (Lipinski definition) is 1. The number of rotatable bonds is 1. The molecule has 0 saturated heterocycles. The highest BCUT2D eigenvalue weighted by Crippen LogP contribution is 2.20. The summed E-state index contributed by atoms with van der Waals surface area (Å²) in [5, 5.41) is 9.91. The van der Waals surface area contributed by atoms with Crippen LogP contribution in [0.1, 0.15) is 0 Å². The van der Waals surface area contributed by atoms with Crippen molar-refractivity contribution < 1.29 is 14.6 Å². The normalized spacial score (nSPS) is 16.2. The second-order valence-corrected chi connectivity index (χ2v) is 2.26. The summed E-state index contributed by atoms with van der Waals surface area (Å²) in [6.07, 6.45) is 2.63. The van der Waals surface area contributed by atoms with Crippen LogP contribution in [0, 0.1) is 0 Å². The molecular formula is C5H4O3S. The molecule has 1 aliphatic rings. The maximum Gasteiger partial charge on any atom is 0.345 e. The first-order chi connectivity index (χ1) is 4.30. The zero-order chi connectivity index (χ0) is 6.69. The van der Waals surface area contributed by atoms with Gasteiger partial charge in [-0.1, -0.05) is 11.8 Å². The number of carboxylic acids is 1. The van der Waals surface area contributed by atoms with Gasteiger partial charge in [0.15, 0.2) is 0 Å². The first-order valence-electron chi connectivity index (χ1n) is 2.21. The van der Waals surface area contributed by atoms with Crippen molar-refractivity contribution in [1.82, 2.24) is 0 Å². The SMILES string of the molecule is O=C(O)C1=COC=CS1. The van der Waals surface area contributed by atoms with Gasteiger partial charge in [-0.2, -0.15) is 0 Å². The zero-order valence-corrected chi connectivity index (χ0v) is 5.22. The lowest BCUT2D eigenvalue weighted by Crippen LogP contribution is -1.97. The van der Waals surface area contributed by atoms with Crippen LogP contribution < -0.4 is 0 Å². The van der Waals surface area contributed by atoms with Crippen molar-refractivity contribution >= 4 is 17.7 Å². The Bertz CT molecular complexity index is 183. The van der Waals surface area contributed by atoms with Crippen LogP contribution in [0.2, 0.25) is 0 Å². The van der Waals surface area contributed by atoms with Gasteiger partial charge in [0, 0.05) is 5.41 Å². The highest BCUT2D eigenvalue weighted by atomic mass is 32.2. The summed E-state index contributed by atoms with van der Waals surface area (Å²) in [5.74, 6) is -0.954. The fraction of sp³-hybridized carbons (Fsp3) is 0. The summed E-state index contributed by atoms with van der Waals surface area (Å²) in [6, 6.07) is 0. The smallest absolute Gasteiger partial charge is 0.345 e. The van der Waals surface area contributed by atoms with Crippen molar-refractivity contribution in [1.29, 1.82) is 0 Å². The van der Waals surface area contributed by atoms with Gasteiger partial charge in [0.1, 0.15) is 11.2 Å². The maximum atomic E-state index is 10.2. The average Bonchev–Trinajstić information content (AvgIpc) is 1.90. The topological polar surface area (TPSA) is 46.5 Å². The Morgan fingerprint density at radius 1 is 1.78 bits per heavy atom. The number of ether oxygens (including phenoxy) is 1. The third-order valence-electron chi connectivity index (χ3n) is 0.715. The monoisotopic (exact) mass is 144 g/mol. The number of aliphatic carboxylic acids is 1. The highest BCUT2D eigenvalue weighted by Gasteiger charge is 2.08. The predicted octanol–water partition coefficient (Wildman–Crippen LogP) is 1.15. The Balaban J connectivity index is 2.61. The molecule has 1 heterocycles. The molecule has 9 heavy (non-hydrogen) atoms. The van der Waals surface area contributed by atoms with Crippen molar-refractivity contribution in [3.05, 3.63) is 22.8 Å². The second kappa shape index (κ2) is 2.59. The first kappa shape index (κ1) is 6.22. The molecule has 0 radical (unpaired) electrons. The van der Waals surface area contributed by atoms with Crippen molar-refractivity contribution in [2.75, 3.05) is 0 Å². The molecule has 1 aliphatic heterocycles. The van der Waals surface area contributed by atoms with Crippen LogP contribution in [-0.4, -0.2) is 11.1 Å². The molecule has 48 valence electrons. The first-order valence-corrected chi connectivity index (χ1v) is 3.09. The van der Waals surface area contributed by atoms with Crippen molar-refractivity contribution in [2.45, 2.75) is 0 Å². The minimum absolute atomic E-state index is 0.206. The molecule has 0 atom stereocenters. The van der Waals surface area contributed by atoms with E-state index in [4.69, 9.17) is 5.11 Å². The second-order valence-electron chi connectivity index (χ2n) is 1.31. The van der Waals surface area contributed by atoms with Crippen LogP contribution in [0.4, 0.5) is 0 Å². The van der Waals surface area contributed by atoms with Crippen molar-refractivity contribution in [3.63, 3.8) is 0 Å². The van der Waals surface area contributed by atoms with E-state index in [1.165, 1.54) is 12.5 Å². The molecule has 0 saturated carbocycles. The van der Waals surface area contributed by atoms with Gasteiger partial charge in [-0.25, -0.2) is 4.79 Å². The third-order valence-corrected chi connectivity index (χ3v) is 1.49. The summed E-state index contributed by atoms with van der Waals surface area (Å²) in [5.41, 5.74) is 0. The van der Waals surface area contributed by atoms with Crippen molar-refractivity contribution in [2.24, 2.45) is 0 Å². The molecule has 0 aromatic rings. The van der Waals surface area contributed by atoms with Crippen LogP contribution in [-0.2, 0) is 9.53 Å². The van der Waals surface area contributed by atoms with E-state index in [0.717, 1.165) is 11.8 Å². The average molecular weight is 144 g/mol. The Morgan fingerprint density at radius 2 is 2.56 bits per heavy atom. The van der Waals surface area contributed by atoms with Gasteiger partial charge >= 0.3 is 5.97 Å². The van der Waals surface area contributed by atoms with Crippen LogP contribution in [0.15, 0.2) is 22.8 Å². The highest BCUT2D eigenvalue weighted by molar-refractivity contribution is 8.06. The van der Waals surface area contributed by atoms with E-state index in [9.17, 15) is 4.79 Å². The molecule has 0 bridgehead atoms. The molecule has 1 rings (SSSR count). The zero-order valence-electron chi connectivity index (χ0n) is 4.40. The third kappa shape index (κ3) is 1.50.